The highest BCUT2D eigenvalue weighted by atomic mass is 32.2. The number of rotatable bonds is 5. The van der Waals surface area contributed by atoms with Gasteiger partial charge in [-0.2, -0.15) is 0 Å². The summed E-state index contributed by atoms with van der Waals surface area (Å²) in [5, 5.41) is 3.67. The highest BCUT2D eigenvalue weighted by Crippen LogP contribution is 2.16. The molecule has 0 saturated carbocycles. The Labute approximate surface area is 146 Å². The van der Waals surface area contributed by atoms with Crippen molar-refractivity contribution in [1.29, 1.82) is 0 Å². The lowest BCUT2D eigenvalue weighted by Gasteiger charge is -2.08. The van der Waals surface area contributed by atoms with Crippen LogP contribution in [0.1, 0.15) is 17.4 Å². The fourth-order valence-electron chi connectivity index (χ4n) is 2.38. The second kappa shape index (κ2) is 7.00. The highest BCUT2D eigenvalue weighted by molar-refractivity contribution is 7.89. The van der Waals surface area contributed by atoms with Crippen molar-refractivity contribution in [2.24, 2.45) is 0 Å². The van der Waals surface area contributed by atoms with E-state index in [4.69, 9.17) is 0 Å². The van der Waals surface area contributed by atoms with Crippen LogP contribution in [0.25, 0.3) is 10.9 Å². The molecule has 0 saturated heterocycles. The Bertz CT molecular complexity index is 1020. The quantitative estimate of drug-likeness (QED) is 0.737. The van der Waals surface area contributed by atoms with Gasteiger partial charge in [0.1, 0.15) is 5.69 Å². The number of carbonyl (C=O) groups is 1. The van der Waals surface area contributed by atoms with E-state index in [-0.39, 0.29) is 10.8 Å². The van der Waals surface area contributed by atoms with Crippen molar-refractivity contribution in [2.75, 3.05) is 11.9 Å². The molecule has 0 unspecified atom stereocenters. The molecule has 7 heteroatoms. The Morgan fingerprint density at radius 2 is 1.72 bits per heavy atom. The average molecular weight is 355 g/mol. The molecule has 0 atom stereocenters. The predicted molar refractivity (Wildman–Crippen MR) is 97.0 cm³/mol. The van der Waals surface area contributed by atoms with Gasteiger partial charge < -0.3 is 5.32 Å². The molecular formula is C18H17N3O3S. The number of pyridine rings is 1. The van der Waals surface area contributed by atoms with Crippen LogP contribution in [-0.2, 0) is 10.0 Å². The molecule has 2 N–H and O–H groups in total. The third kappa shape index (κ3) is 3.84. The molecule has 0 radical (unpaired) electrons. The predicted octanol–water partition coefficient (Wildman–Crippen LogP) is 2.79. The van der Waals surface area contributed by atoms with Gasteiger partial charge >= 0.3 is 0 Å². The third-order valence-corrected chi connectivity index (χ3v) is 5.15. The minimum Gasteiger partial charge on any atom is -0.321 e. The Hall–Kier alpha value is -2.77. The molecule has 1 aromatic heterocycles. The van der Waals surface area contributed by atoms with Gasteiger partial charge in [-0.05, 0) is 36.4 Å². The molecule has 0 bridgehead atoms. The molecule has 1 heterocycles. The number of nitrogens with one attached hydrogen (secondary N) is 2. The zero-order chi connectivity index (χ0) is 17.9. The molecule has 25 heavy (non-hydrogen) atoms. The third-order valence-electron chi connectivity index (χ3n) is 3.59. The molecule has 6 nitrogen and oxygen atoms in total. The van der Waals surface area contributed by atoms with Crippen molar-refractivity contribution in [1.82, 2.24) is 9.71 Å². The Kier molecular flexibility index (Phi) is 4.78. The highest BCUT2D eigenvalue weighted by Gasteiger charge is 2.13. The smallest absolute Gasteiger partial charge is 0.274 e. The lowest BCUT2D eigenvalue weighted by molar-refractivity contribution is 0.102. The number of benzene rings is 2. The van der Waals surface area contributed by atoms with Crippen molar-refractivity contribution in [2.45, 2.75) is 11.8 Å². The molecule has 0 aliphatic rings. The van der Waals surface area contributed by atoms with E-state index in [0.29, 0.717) is 17.9 Å². The molecule has 1 amide bonds. The number of amides is 1. The van der Waals surface area contributed by atoms with Crippen LogP contribution in [0.4, 0.5) is 5.69 Å². The molecule has 2 aromatic carbocycles. The first-order chi connectivity index (χ1) is 12.0. The van der Waals surface area contributed by atoms with E-state index in [9.17, 15) is 13.2 Å². The number of hydrogen-bond acceptors (Lipinski definition) is 4. The van der Waals surface area contributed by atoms with Gasteiger partial charge in [-0.3, -0.25) is 4.79 Å². The van der Waals surface area contributed by atoms with Crippen molar-refractivity contribution in [3.8, 4) is 0 Å². The molecule has 0 aliphatic carbocycles. The second-order valence-electron chi connectivity index (χ2n) is 5.37. The summed E-state index contributed by atoms with van der Waals surface area (Å²) in [6.07, 6.45) is 0. The number of nitrogens with zero attached hydrogens (tertiary/aromatic N) is 1. The summed E-state index contributed by atoms with van der Waals surface area (Å²) in [6.45, 7) is 2.02. The minimum atomic E-state index is -3.51. The van der Waals surface area contributed by atoms with Crippen molar-refractivity contribution >= 4 is 32.5 Å². The largest absolute Gasteiger partial charge is 0.321 e. The number of carbonyl (C=O) groups excluding carboxylic acids is 1. The molecule has 0 spiro atoms. The number of para-hydroxylation sites is 1. The van der Waals surface area contributed by atoms with E-state index >= 15 is 0 Å². The van der Waals surface area contributed by atoms with E-state index in [1.807, 2.05) is 30.3 Å². The van der Waals surface area contributed by atoms with Crippen LogP contribution in [0.2, 0.25) is 0 Å². The maximum absolute atomic E-state index is 12.3. The summed E-state index contributed by atoms with van der Waals surface area (Å²) < 4.78 is 26.2. The van der Waals surface area contributed by atoms with E-state index in [2.05, 4.69) is 15.0 Å². The van der Waals surface area contributed by atoms with Gasteiger partial charge in [-0.1, -0.05) is 31.2 Å². The standard InChI is InChI=1S/C18H17N3O3S/c1-2-19-25(23,24)15-10-8-14(9-11-15)20-18(22)17-12-7-13-5-3-4-6-16(13)21-17/h3-12,19H,2H2,1H3,(H,20,22). The van der Waals surface area contributed by atoms with Crippen LogP contribution in [0, 0.1) is 0 Å². The maximum atomic E-state index is 12.3. The molecule has 0 fully saturated rings. The Morgan fingerprint density at radius 1 is 1.00 bits per heavy atom. The summed E-state index contributed by atoms with van der Waals surface area (Å²) >= 11 is 0. The molecular weight excluding hydrogens is 338 g/mol. The van der Waals surface area contributed by atoms with Crippen LogP contribution in [-0.4, -0.2) is 25.9 Å². The van der Waals surface area contributed by atoms with Crippen LogP contribution >= 0.6 is 0 Å². The van der Waals surface area contributed by atoms with Crippen LogP contribution in [0.5, 0.6) is 0 Å². The first kappa shape index (κ1) is 17.1. The molecule has 0 aliphatic heterocycles. The molecule has 128 valence electrons. The van der Waals surface area contributed by atoms with Crippen molar-refractivity contribution < 1.29 is 13.2 Å². The Morgan fingerprint density at radius 3 is 2.44 bits per heavy atom. The topological polar surface area (TPSA) is 88.2 Å². The monoisotopic (exact) mass is 355 g/mol. The number of anilines is 1. The average Bonchev–Trinajstić information content (AvgIpc) is 2.61. The van der Waals surface area contributed by atoms with Gasteiger partial charge in [0.25, 0.3) is 5.91 Å². The fourth-order valence-corrected chi connectivity index (χ4v) is 3.42. The van der Waals surface area contributed by atoms with Gasteiger partial charge in [0.2, 0.25) is 10.0 Å². The van der Waals surface area contributed by atoms with Crippen LogP contribution < -0.4 is 10.0 Å². The first-order valence-corrected chi connectivity index (χ1v) is 9.25. The lowest BCUT2D eigenvalue weighted by atomic mass is 10.2. The number of hydrogen-bond donors (Lipinski definition) is 2. The van der Waals surface area contributed by atoms with E-state index in [0.717, 1.165) is 10.9 Å². The number of fused-ring (bicyclic) bond motifs is 1. The number of sulfonamides is 1. The van der Waals surface area contributed by atoms with Crippen LogP contribution in [0.3, 0.4) is 0 Å². The maximum Gasteiger partial charge on any atom is 0.274 e. The van der Waals surface area contributed by atoms with E-state index < -0.39 is 10.0 Å². The summed E-state index contributed by atoms with van der Waals surface area (Å²) in [4.78, 5) is 16.8. The summed E-state index contributed by atoms with van der Waals surface area (Å²) in [5.41, 5.74) is 1.53. The summed E-state index contributed by atoms with van der Waals surface area (Å²) in [7, 11) is -3.51. The minimum absolute atomic E-state index is 0.149. The normalized spacial score (nSPS) is 11.4. The zero-order valence-electron chi connectivity index (χ0n) is 13.6. The summed E-state index contributed by atoms with van der Waals surface area (Å²) in [6, 6.07) is 17.0. The van der Waals surface area contributed by atoms with Gasteiger partial charge in [-0.25, -0.2) is 18.1 Å². The van der Waals surface area contributed by atoms with Crippen LogP contribution in [0.15, 0.2) is 65.6 Å². The first-order valence-electron chi connectivity index (χ1n) is 7.76. The van der Waals surface area contributed by atoms with Crippen molar-refractivity contribution in [3.63, 3.8) is 0 Å². The van der Waals surface area contributed by atoms with Gasteiger partial charge in [0, 0.05) is 17.6 Å². The molecule has 3 rings (SSSR count). The Balaban J connectivity index is 1.78. The van der Waals surface area contributed by atoms with Crippen molar-refractivity contribution in [3.05, 3.63) is 66.4 Å². The van der Waals surface area contributed by atoms with Gasteiger partial charge in [0.05, 0.1) is 10.4 Å². The summed E-state index contributed by atoms with van der Waals surface area (Å²) in [5.74, 6) is -0.354. The fraction of sp³-hybridized carbons (Fsp3) is 0.111. The molecule has 3 aromatic rings. The van der Waals surface area contributed by atoms with E-state index in [1.165, 1.54) is 12.1 Å². The SMILES string of the molecule is CCNS(=O)(=O)c1ccc(NC(=O)c2ccc3ccccc3n2)cc1. The number of aromatic nitrogens is 1. The van der Waals surface area contributed by atoms with E-state index in [1.54, 1.807) is 25.1 Å². The zero-order valence-corrected chi connectivity index (χ0v) is 14.4. The van der Waals surface area contributed by atoms with Gasteiger partial charge in [-0.15, -0.1) is 0 Å². The second-order valence-corrected chi connectivity index (χ2v) is 7.14. The lowest BCUT2D eigenvalue weighted by Crippen LogP contribution is -2.23. The van der Waals surface area contributed by atoms with Gasteiger partial charge in [0.15, 0.2) is 0 Å².